The number of rotatable bonds is 8. The number of aromatic nitrogens is 2. The summed E-state index contributed by atoms with van der Waals surface area (Å²) in [6.45, 7) is 0.416. The second kappa shape index (κ2) is 9.57. The molecule has 2 heterocycles. The van der Waals surface area contributed by atoms with Gasteiger partial charge in [-0.2, -0.15) is 0 Å². The smallest absolute Gasteiger partial charge is 0.330 e. The Morgan fingerprint density at radius 2 is 2.00 bits per heavy atom. The number of carbonyl (C=O) groups is 1. The Morgan fingerprint density at radius 1 is 1.23 bits per heavy atom. The Kier molecular flexibility index (Phi) is 6.66. The van der Waals surface area contributed by atoms with Crippen LogP contribution in [0.4, 0.5) is 11.5 Å². The van der Waals surface area contributed by atoms with Crippen molar-refractivity contribution < 1.29 is 13.9 Å². The fourth-order valence-corrected chi connectivity index (χ4v) is 2.91. The summed E-state index contributed by atoms with van der Waals surface area (Å²) in [6.07, 6.45) is 4.26. The van der Waals surface area contributed by atoms with Crippen molar-refractivity contribution in [1.82, 2.24) is 9.55 Å². The van der Waals surface area contributed by atoms with Crippen molar-refractivity contribution in [2.75, 3.05) is 24.4 Å². The van der Waals surface area contributed by atoms with Crippen LogP contribution in [0.15, 0.2) is 68.8 Å². The summed E-state index contributed by atoms with van der Waals surface area (Å²) in [5.41, 5.74) is 5.42. The van der Waals surface area contributed by atoms with E-state index in [4.69, 9.17) is 14.9 Å². The zero-order valence-corrected chi connectivity index (χ0v) is 16.4. The average Bonchev–Trinajstić information content (AvgIpc) is 3.25. The fourth-order valence-electron chi connectivity index (χ4n) is 2.91. The molecule has 9 nitrogen and oxygen atoms in total. The SMILES string of the molecule is COCCn1c(N)c(N(Cc2ccccc2)C(=O)/C=C/c2ccco2)c(=O)[nH]c1=O. The van der Waals surface area contributed by atoms with Crippen LogP contribution in [0.1, 0.15) is 11.3 Å². The van der Waals surface area contributed by atoms with Crippen molar-refractivity contribution in [2.45, 2.75) is 13.1 Å². The van der Waals surface area contributed by atoms with Crippen LogP contribution in [0.3, 0.4) is 0 Å². The van der Waals surface area contributed by atoms with Crippen LogP contribution >= 0.6 is 0 Å². The van der Waals surface area contributed by atoms with Crippen molar-refractivity contribution in [3.8, 4) is 0 Å². The lowest BCUT2D eigenvalue weighted by Gasteiger charge is -2.23. The molecule has 1 amide bonds. The van der Waals surface area contributed by atoms with Crippen LogP contribution in [0.2, 0.25) is 0 Å². The Labute approximate surface area is 172 Å². The number of aromatic amines is 1. The first-order valence-electron chi connectivity index (χ1n) is 9.19. The molecule has 0 saturated heterocycles. The Bertz CT molecular complexity index is 1130. The highest BCUT2D eigenvalue weighted by Crippen LogP contribution is 2.20. The number of hydrogen-bond acceptors (Lipinski definition) is 6. The molecule has 1 aromatic carbocycles. The van der Waals surface area contributed by atoms with Crippen LogP contribution < -0.4 is 21.9 Å². The Morgan fingerprint density at radius 3 is 2.67 bits per heavy atom. The minimum absolute atomic E-state index is 0.0813. The van der Waals surface area contributed by atoms with Gasteiger partial charge in [0.05, 0.1) is 26.0 Å². The molecule has 0 atom stereocenters. The van der Waals surface area contributed by atoms with Crippen molar-refractivity contribution in [1.29, 1.82) is 0 Å². The molecular weight excluding hydrogens is 388 g/mol. The summed E-state index contributed by atoms with van der Waals surface area (Å²) in [6, 6.07) is 12.5. The van der Waals surface area contributed by atoms with Crippen LogP contribution in [0.25, 0.3) is 6.08 Å². The zero-order valence-electron chi connectivity index (χ0n) is 16.4. The summed E-state index contributed by atoms with van der Waals surface area (Å²) in [5.74, 6) is -0.129. The Balaban J connectivity index is 2.06. The first kappa shape index (κ1) is 20.9. The second-order valence-electron chi connectivity index (χ2n) is 6.40. The van der Waals surface area contributed by atoms with E-state index in [1.807, 2.05) is 30.3 Å². The van der Waals surface area contributed by atoms with Crippen LogP contribution in [0, 0.1) is 0 Å². The van der Waals surface area contributed by atoms with Gasteiger partial charge in [-0.05, 0) is 23.8 Å². The number of nitrogens with zero attached hydrogens (tertiary/aromatic N) is 2. The normalized spacial score (nSPS) is 11.1. The number of H-pyrrole nitrogens is 1. The van der Waals surface area contributed by atoms with E-state index in [0.29, 0.717) is 5.76 Å². The standard InChI is InChI=1S/C21H22N4O5/c1-29-13-11-24-19(22)18(20(27)23-21(24)28)25(14-15-6-3-2-4-7-15)17(26)10-9-16-8-5-12-30-16/h2-10,12H,11,13-14,22H2,1H3,(H,23,27,28)/b10-9+. The van der Waals surface area contributed by atoms with Gasteiger partial charge in [-0.1, -0.05) is 30.3 Å². The molecule has 3 aromatic rings. The van der Waals surface area contributed by atoms with Gasteiger partial charge in [-0.15, -0.1) is 0 Å². The molecule has 0 radical (unpaired) electrons. The van der Waals surface area contributed by atoms with Gasteiger partial charge < -0.3 is 14.9 Å². The molecular formula is C21H22N4O5. The molecule has 9 heteroatoms. The number of amides is 1. The van der Waals surface area contributed by atoms with Crippen LogP contribution in [-0.4, -0.2) is 29.2 Å². The lowest BCUT2D eigenvalue weighted by Crippen LogP contribution is -2.40. The molecule has 0 aliphatic carbocycles. The third kappa shape index (κ3) is 4.76. The predicted molar refractivity (Wildman–Crippen MR) is 113 cm³/mol. The monoisotopic (exact) mass is 410 g/mol. The molecule has 3 N–H and O–H groups in total. The summed E-state index contributed by atoms with van der Waals surface area (Å²) in [4.78, 5) is 41.3. The molecule has 0 aliphatic heterocycles. The molecule has 3 rings (SSSR count). The van der Waals surface area contributed by atoms with E-state index in [2.05, 4.69) is 4.98 Å². The number of carbonyl (C=O) groups excluding carboxylic acids is 1. The molecule has 0 saturated carbocycles. The maximum absolute atomic E-state index is 13.0. The van der Waals surface area contributed by atoms with Crippen molar-refractivity contribution in [3.05, 3.63) is 87.0 Å². The summed E-state index contributed by atoms with van der Waals surface area (Å²) < 4.78 is 11.4. The maximum atomic E-state index is 13.0. The van der Waals surface area contributed by atoms with E-state index in [-0.39, 0.29) is 31.2 Å². The van der Waals surface area contributed by atoms with Crippen molar-refractivity contribution >= 4 is 23.5 Å². The van der Waals surface area contributed by atoms with Gasteiger partial charge in [0.25, 0.3) is 11.5 Å². The zero-order chi connectivity index (χ0) is 21.5. The number of ether oxygens (including phenoxy) is 1. The van der Waals surface area contributed by atoms with E-state index in [0.717, 1.165) is 5.56 Å². The first-order valence-corrected chi connectivity index (χ1v) is 9.19. The van der Waals surface area contributed by atoms with E-state index in [9.17, 15) is 14.4 Å². The number of nitrogens with one attached hydrogen (secondary N) is 1. The largest absolute Gasteiger partial charge is 0.465 e. The van der Waals surface area contributed by atoms with Gasteiger partial charge >= 0.3 is 5.69 Å². The lowest BCUT2D eigenvalue weighted by molar-refractivity contribution is -0.114. The number of methoxy groups -OCH3 is 1. The number of hydrogen-bond donors (Lipinski definition) is 2. The van der Waals surface area contributed by atoms with Crippen LogP contribution in [-0.2, 0) is 22.6 Å². The number of anilines is 2. The molecule has 0 aliphatic rings. The number of benzene rings is 1. The van der Waals surface area contributed by atoms with Crippen molar-refractivity contribution in [3.63, 3.8) is 0 Å². The van der Waals surface area contributed by atoms with E-state index in [1.165, 1.54) is 35.0 Å². The summed E-state index contributed by atoms with van der Waals surface area (Å²) in [5, 5.41) is 0. The molecule has 0 spiro atoms. The van der Waals surface area contributed by atoms with Crippen molar-refractivity contribution in [2.24, 2.45) is 0 Å². The maximum Gasteiger partial charge on any atom is 0.330 e. The summed E-state index contributed by atoms with van der Waals surface area (Å²) >= 11 is 0. The fraction of sp³-hybridized carbons (Fsp3) is 0.190. The topological polar surface area (TPSA) is 124 Å². The molecule has 2 aromatic heterocycles. The number of furan rings is 1. The first-order chi connectivity index (χ1) is 14.5. The average molecular weight is 410 g/mol. The Hall–Kier alpha value is -3.85. The molecule has 0 unspecified atom stereocenters. The van der Waals surface area contributed by atoms with Gasteiger partial charge in [-0.3, -0.25) is 24.0 Å². The third-order valence-electron chi connectivity index (χ3n) is 4.39. The van der Waals surface area contributed by atoms with E-state index < -0.39 is 17.2 Å². The highest BCUT2D eigenvalue weighted by molar-refractivity contribution is 6.04. The highest BCUT2D eigenvalue weighted by Gasteiger charge is 2.23. The van der Waals surface area contributed by atoms with Gasteiger partial charge in [-0.25, -0.2) is 4.79 Å². The molecule has 0 fully saturated rings. The van der Waals surface area contributed by atoms with E-state index >= 15 is 0 Å². The van der Waals surface area contributed by atoms with Gasteiger partial charge in [0, 0.05) is 13.2 Å². The van der Waals surface area contributed by atoms with E-state index in [1.54, 1.807) is 12.1 Å². The van der Waals surface area contributed by atoms with Gasteiger partial charge in [0.2, 0.25) is 0 Å². The minimum Gasteiger partial charge on any atom is -0.465 e. The van der Waals surface area contributed by atoms with Gasteiger partial charge in [0.15, 0.2) is 5.69 Å². The molecule has 0 bridgehead atoms. The predicted octanol–water partition coefficient (Wildman–Crippen LogP) is 1.60. The third-order valence-corrected chi connectivity index (χ3v) is 4.39. The number of nitrogens with two attached hydrogens (primary N) is 1. The van der Waals surface area contributed by atoms with Gasteiger partial charge in [0.1, 0.15) is 11.6 Å². The molecule has 156 valence electrons. The minimum atomic E-state index is -0.748. The number of nitrogen functional groups attached to an aromatic ring is 1. The second-order valence-corrected chi connectivity index (χ2v) is 6.40. The highest BCUT2D eigenvalue weighted by atomic mass is 16.5. The van der Waals surface area contributed by atoms with Crippen LogP contribution in [0.5, 0.6) is 0 Å². The summed E-state index contributed by atoms with van der Waals surface area (Å²) in [7, 11) is 1.48. The molecule has 30 heavy (non-hydrogen) atoms. The lowest BCUT2D eigenvalue weighted by atomic mass is 10.2. The quantitative estimate of drug-likeness (QED) is 0.544.